The summed E-state index contributed by atoms with van der Waals surface area (Å²) in [6.07, 6.45) is 5.42. The van der Waals surface area contributed by atoms with E-state index in [2.05, 4.69) is 4.98 Å². The van der Waals surface area contributed by atoms with Crippen molar-refractivity contribution in [3.05, 3.63) is 65.7 Å². The molecule has 2 aromatic heterocycles. The molecule has 0 bridgehead atoms. The Morgan fingerprint density at radius 2 is 2.26 bits per heavy atom. The topological polar surface area (TPSA) is 64.5 Å². The highest BCUT2D eigenvalue weighted by Crippen LogP contribution is 2.30. The van der Waals surface area contributed by atoms with E-state index >= 15 is 0 Å². The molecule has 2 aromatic rings. The molecule has 3 rings (SSSR count). The zero-order chi connectivity index (χ0) is 13.2. The van der Waals surface area contributed by atoms with Crippen molar-refractivity contribution in [2.24, 2.45) is 5.73 Å². The van der Waals surface area contributed by atoms with Gasteiger partial charge in [0.1, 0.15) is 11.5 Å². The van der Waals surface area contributed by atoms with E-state index in [1.165, 1.54) is 0 Å². The second-order valence-corrected chi connectivity index (χ2v) is 4.48. The molecule has 0 aliphatic carbocycles. The number of aromatic nitrogens is 1. The lowest BCUT2D eigenvalue weighted by atomic mass is 10.1. The number of nitrogens with two attached hydrogens (primary N) is 1. The second-order valence-electron chi connectivity index (χ2n) is 4.48. The second kappa shape index (κ2) is 4.78. The van der Waals surface area contributed by atoms with Crippen LogP contribution in [-0.4, -0.2) is 10.0 Å². The van der Waals surface area contributed by atoms with Crippen molar-refractivity contribution in [3.63, 3.8) is 0 Å². The van der Waals surface area contributed by atoms with E-state index in [0.717, 1.165) is 17.1 Å². The van der Waals surface area contributed by atoms with Gasteiger partial charge in [-0.2, -0.15) is 0 Å². The van der Waals surface area contributed by atoms with Crippen molar-refractivity contribution in [2.45, 2.75) is 19.5 Å². The molecular formula is C14H15N3O2. The molecule has 1 unspecified atom stereocenters. The van der Waals surface area contributed by atoms with Gasteiger partial charge in [0.15, 0.2) is 0 Å². The molecule has 0 aromatic carbocycles. The molecule has 1 aliphatic rings. The zero-order valence-corrected chi connectivity index (χ0v) is 10.6. The average Bonchev–Trinajstić information content (AvgIpc) is 2.97. The van der Waals surface area contributed by atoms with E-state index in [0.29, 0.717) is 12.4 Å². The Morgan fingerprint density at radius 3 is 2.95 bits per heavy atom. The number of hydroxylamine groups is 2. The van der Waals surface area contributed by atoms with E-state index in [1.807, 2.05) is 43.5 Å². The Labute approximate surface area is 111 Å². The summed E-state index contributed by atoms with van der Waals surface area (Å²) >= 11 is 0. The van der Waals surface area contributed by atoms with Gasteiger partial charge in [-0.25, -0.2) is 0 Å². The van der Waals surface area contributed by atoms with Gasteiger partial charge in [-0.1, -0.05) is 6.07 Å². The normalized spacial score (nSPS) is 19.2. The molecule has 0 fully saturated rings. The third kappa shape index (κ3) is 2.46. The summed E-state index contributed by atoms with van der Waals surface area (Å²) in [6.45, 7) is 2.45. The highest BCUT2D eigenvalue weighted by atomic mass is 16.7. The third-order valence-electron chi connectivity index (χ3n) is 2.99. The Kier molecular flexibility index (Phi) is 2.97. The van der Waals surface area contributed by atoms with Gasteiger partial charge < -0.3 is 15.0 Å². The summed E-state index contributed by atoms with van der Waals surface area (Å²) < 4.78 is 5.56. The molecule has 5 heteroatoms. The van der Waals surface area contributed by atoms with Crippen molar-refractivity contribution >= 4 is 0 Å². The monoisotopic (exact) mass is 257 g/mol. The third-order valence-corrected chi connectivity index (χ3v) is 2.99. The summed E-state index contributed by atoms with van der Waals surface area (Å²) in [6, 6.07) is 7.72. The van der Waals surface area contributed by atoms with Crippen LogP contribution in [0.15, 0.2) is 53.0 Å². The van der Waals surface area contributed by atoms with Crippen molar-refractivity contribution < 1.29 is 9.25 Å². The van der Waals surface area contributed by atoms with Gasteiger partial charge in [0, 0.05) is 18.5 Å². The number of hydrogen-bond donors (Lipinski definition) is 1. The molecule has 3 heterocycles. The molecule has 0 saturated heterocycles. The van der Waals surface area contributed by atoms with Crippen LogP contribution in [-0.2, 0) is 11.4 Å². The van der Waals surface area contributed by atoms with Gasteiger partial charge in [0.25, 0.3) is 0 Å². The van der Waals surface area contributed by atoms with Crippen molar-refractivity contribution in [2.75, 3.05) is 0 Å². The molecule has 98 valence electrons. The Bertz CT molecular complexity index is 592. The largest absolute Gasteiger partial charge is 0.465 e. The summed E-state index contributed by atoms with van der Waals surface area (Å²) in [5, 5.41) is 1.78. The molecule has 2 N–H and O–H groups in total. The maximum Gasteiger partial charge on any atom is 0.207 e. The number of aryl methyl sites for hydroxylation is 1. The maximum absolute atomic E-state index is 5.76. The molecule has 0 amide bonds. The van der Waals surface area contributed by atoms with Crippen LogP contribution >= 0.6 is 0 Å². The highest BCUT2D eigenvalue weighted by Gasteiger charge is 2.28. The van der Waals surface area contributed by atoms with E-state index in [4.69, 9.17) is 15.0 Å². The Morgan fingerprint density at radius 1 is 1.37 bits per heavy atom. The fraction of sp³-hybridized carbons (Fsp3) is 0.214. The summed E-state index contributed by atoms with van der Waals surface area (Å²) in [4.78, 5) is 9.65. The summed E-state index contributed by atoms with van der Waals surface area (Å²) in [7, 11) is 0. The zero-order valence-electron chi connectivity index (χ0n) is 10.6. The lowest BCUT2D eigenvalue weighted by Crippen LogP contribution is -2.23. The van der Waals surface area contributed by atoms with Crippen LogP contribution in [0.3, 0.4) is 0 Å². The van der Waals surface area contributed by atoms with Gasteiger partial charge in [-0.3, -0.25) is 4.98 Å². The molecular weight excluding hydrogens is 242 g/mol. The minimum Gasteiger partial charge on any atom is -0.465 e. The minimum atomic E-state index is -0.0425. The number of rotatable bonds is 3. The van der Waals surface area contributed by atoms with E-state index in [9.17, 15) is 0 Å². The van der Waals surface area contributed by atoms with Gasteiger partial charge in [-0.15, -0.1) is 5.06 Å². The van der Waals surface area contributed by atoms with Crippen molar-refractivity contribution in [3.8, 4) is 0 Å². The first-order valence-corrected chi connectivity index (χ1v) is 6.09. The molecule has 1 atom stereocenters. The first kappa shape index (κ1) is 11.8. The first-order valence-electron chi connectivity index (χ1n) is 6.09. The van der Waals surface area contributed by atoms with Crippen molar-refractivity contribution in [1.29, 1.82) is 0 Å². The van der Waals surface area contributed by atoms with Crippen LogP contribution in [0, 0.1) is 6.92 Å². The van der Waals surface area contributed by atoms with Crippen LogP contribution in [0.5, 0.6) is 0 Å². The van der Waals surface area contributed by atoms with Crippen LogP contribution in [0.2, 0.25) is 0 Å². The van der Waals surface area contributed by atoms with Crippen molar-refractivity contribution in [1.82, 2.24) is 10.0 Å². The lowest BCUT2D eigenvalue weighted by molar-refractivity contribution is -0.131. The van der Waals surface area contributed by atoms with Gasteiger partial charge in [0.2, 0.25) is 5.88 Å². The molecule has 1 aliphatic heterocycles. The summed E-state index contributed by atoms with van der Waals surface area (Å²) in [5.74, 6) is 2.12. The van der Waals surface area contributed by atoms with Gasteiger partial charge >= 0.3 is 0 Å². The van der Waals surface area contributed by atoms with E-state index in [1.54, 1.807) is 11.3 Å². The number of furan rings is 1. The number of hydrogen-bond acceptors (Lipinski definition) is 5. The molecule has 0 spiro atoms. The SMILES string of the molecule is Cc1ccc(CN2OC(N)=CC2c2cccnc2)o1. The van der Waals surface area contributed by atoms with Crippen LogP contribution in [0.1, 0.15) is 23.1 Å². The predicted octanol–water partition coefficient (Wildman–Crippen LogP) is 2.27. The average molecular weight is 257 g/mol. The lowest BCUT2D eigenvalue weighted by Gasteiger charge is -2.21. The van der Waals surface area contributed by atoms with Crippen LogP contribution < -0.4 is 5.73 Å². The standard InChI is InChI=1S/C14H15N3O2/c1-10-4-5-12(18-10)9-17-13(7-14(15)19-17)11-3-2-6-16-8-11/h2-8,13H,9,15H2,1H3. The first-order chi connectivity index (χ1) is 9.22. The highest BCUT2D eigenvalue weighted by molar-refractivity contribution is 5.22. The minimum absolute atomic E-state index is 0.0425. The fourth-order valence-corrected chi connectivity index (χ4v) is 2.13. The quantitative estimate of drug-likeness (QED) is 0.913. The van der Waals surface area contributed by atoms with E-state index in [-0.39, 0.29) is 6.04 Å². The number of nitrogens with zero attached hydrogens (tertiary/aromatic N) is 2. The smallest absolute Gasteiger partial charge is 0.207 e. The van der Waals surface area contributed by atoms with Crippen LogP contribution in [0.4, 0.5) is 0 Å². The fourth-order valence-electron chi connectivity index (χ4n) is 2.13. The molecule has 0 radical (unpaired) electrons. The number of pyridine rings is 1. The van der Waals surface area contributed by atoms with Crippen LogP contribution in [0.25, 0.3) is 0 Å². The summed E-state index contributed by atoms with van der Waals surface area (Å²) in [5.41, 5.74) is 6.79. The van der Waals surface area contributed by atoms with Gasteiger partial charge in [-0.05, 0) is 30.7 Å². The predicted molar refractivity (Wildman–Crippen MR) is 69.3 cm³/mol. The Balaban J connectivity index is 1.81. The molecule has 19 heavy (non-hydrogen) atoms. The molecule has 0 saturated carbocycles. The molecule has 5 nitrogen and oxygen atoms in total. The maximum atomic E-state index is 5.76. The van der Waals surface area contributed by atoms with Gasteiger partial charge in [0.05, 0.1) is 12.6 Å². The van der Waals surface area contributed by atoms with E-state index < -0.39 is 0 Å². The Hall–Kier alpha value is -2.27.